The van der Waals surface area contributed by atoms with Crippen LogP contribution in [0.2, 0.25) is 0 Å². The first kappa shape index (κ1) is 6.01. The molecule has 0 radical (unpaired) electrons. The quantitative estimate of drug-likeness (QED) is 0.475. The fourth-order valence-corrected chi connectivity index (χ4v) is 4.22. The van der Waals surface area contributed by atoms with Crippen molar-refractivity contribution in [1.82, 2.24) is 0 Å². The lowest BCUT2D eigenvalue weighted by Crippen LogP contribution is -2.10. The molecule has 0 aromatic rings. The molecule has 0 nitrogen and oxygen atoms in total. The number of allylic oxidation sites excluding steroid dienone is 4. The van der Waals surface area contributed by atoms with E-state index in [9.17, 15) is 0 Å². The normalized spacial score (nSPS) is 52.7. The van der Waals surface area contributed by atoms with Gasteiger partial charge in [-0.1, -0.05) is 23.3 Å². The number of hydrogen-bond donors (Lipinski definition) is 0. The maximum Gasteiger partial charge on any atom is -0.00687 e. The lowest BCUT2D eigenvalue weighted by atomic mass is 9.88. The molecule has 4 aliphatic rings. The maximum atomic E-state index is 2.63. The van der Waals surface area contributed by atoms with Gasteiger partial charge in [0.15, 0.2) is 0 Å². The molecule has 0 unspecified atom stereocenters. The van der Waals surface area contributed by atoms with Crippen LogP contribution in [-0.4, -0.2) is 0 Å². The Kier molecular flexibility index (Phi) is 0.856. The number of hydrogen-bond acceptors (Lipinski definition) is 0. The molecule has 12 heavy (non-hydrogen) atoms. The van der Waals surface area contributed by atoms with Crippen LogP contribution in [0.4, 0.5) is 0 Å². The highest BCUT2D eigenvalue weighted by atomic mass is 14.6. The van der Waals surface area contributed by atoms with Crippen LogP contribution in [0.25, 0.3) is 0 Å². The van der Waals surface area contributed by atoms with Crippen molar-refractivity contribution in [2.45, 2.75) is 25.7 Å². The molecule has 0 amide bonds. The molecule has 0 saturated heterocycles. The zero-order chi connectivity index (χ0) is 7.71. The van der Waals surface area contributed by atoms with Gasteiger partial charge in [-0.2, -0.15) is 0 Å². The largest absolute Gasteiger partial charge is 0.0813 e. The Balaban J connectivity index is 1.95. The zero-order valence-electron chi connectivity index (χ0n) is 7.29. The summed E-state index contributed by atoms with van der Waals surface area (Å²) in [5.41, 5.74) is 3.67. The molecular weight excluding hydrogens is 144 g/mol. The highest BCUT2D eigenvalue weighted by molar-refractivity contribution is 5.39. The van der Waals surface area contributed by atoms with Gasteiger partial charge >= 0.3 is 0 Å². The Morgan fingerprint density at radius 3 is 1.83 bits per heavy atom. The van der Waals surface area contributed by atoms with Gasteiger partial charge in [0.2, 0.25) is 0 Å². The summed E-state index contributed by atoms with van der Waals surface area (Å²) in [7, 11) is 0. The summed E-state index contributed by atoms with van der Waals surface area (Å²) in [6.45, 7) is 0. The second-order valence-electron chi connectivity index (χ2n) is 4.94. The van der Waals surface area contributed by atoms with E-state index in [1.54, 1.807) is 0 Å². The lowest BCUT2D eigenvalue weighted by molar-refractivity contribution is 0.395. The third-order valence-corrected chi connectivity index (χ3v) is 4.55. The van der Waals surface area contributed by atoms with Crippen molar-refractivity contribution in [2.75, 3.05) is 0 Å². The second-order valence-corrected chi connectivity index (χ2v) is 4.94. The van der Waals surface area contributed by atoms with Crippen LogP contribution in [0.3, 0.4) is 0 Å². The predicted octanol–water partition coefficient (Wildman–Crippen LogP) is 2.92. The highest BCUT2D eigenvalue weighted by Crippen LogP contribution is 2.61. The molecule has 4 atom stereocenters. The van der Waals surface area contributed by atoms with Crippen molar-refractivity contribution in [3.05, 3.63) is 23.3 Å². The smallest absolute Gasteiger partial charge is 0.00687 e. The zero-order valence-corrected chi connectivity index (χ0v) is 7.29. The van der Waals surface area contributed by atoms with E-state index in [-0.39, 0.29) is 0 Å². The van der Waals surface area contributed by atoms with Crippen molar-refractivity contribution in [2.24, 2.45) is 23.7 Å². The van der Waals surface area contributed by atoms with Crippen LogP contribution in [0.15, 0.2) is 23.3 Å². The van der Waals surface area contributed by atoms with Crippen molar-refractivity contribution >= 4 is 0 Å². The van der Waals surface area contributed by atoms with Gasteiger partial charge in [0.25, 0.3) is 0 Å². The fraction of sp³-hybridized carbons (Fsp3) is 0.667. The summed E-state index contributed by atoms with van der Waals surface area (Å²) in [5, 5.41) is 0. The molecule has 0 heteroatoms. The van der Waals surface area contributed by atoms with E-state index in [2.05, 4.69) is 12.2 Å². The Hall–Kier alpha value is -0.520. The van der Waals surface area contributed by atoms with E-state index in [1.165, 1.54) is 25.7 Å². The third-order valence-electron chi connectivity index (χ3n) is 4.55. The minimum atomic E-state index is 0.974. The van der Waals surface area contributed by atoms with E-state index in [1.807, 2.05) is 11.1 Å². The van der Waals surface area contributed by atoms with Gasteiger partial charge in [0.1, 0.15) is 0 Å². The van der Waals surface area contributed by atoms with E-state index >= 15 is 0 Å². The molecule has 0 aromatic heterocycles. The Morgan fingerprint density at radius 1 is 0.833 bits per heavy atom. The first-order chi connectivity index (χ1) is 5.93. The summed E-state index contributed by atoms with van der Waals surface area (Å²) >= 11 is 0. The van der Waals surface area contributed by atoms with Gasteiger partial charge < -0.3 is 0 Å². The third kappa shape index (κ3) is 0.485. The predicted molar refractivity (Wildman–Crippen MR) is 48.6 cm³/mol. The first-order valence-corrected chi connectivity index (χ1v) is 5.34. The fourth-order valence-electron chi connectivity index (χ4n) is 4.22. The molecule has 0 aromatic carbocycles. The van der Waals surface area contributed by atoms with Gasteiger partial charge in [-0.3, -0.25) is 0 Å². The van der Waals surface area contributed by atoms with Gasteiger partial charge in [0.05, 0.1) is 0 Å². The molecule has 2 fully saturated rings. The van der Waals surface area contributed by atoms with Crippen molar-refractivity contribution in [3.8, 4) is 0 Å². The van der Waals surface area contributed by atoms with Gasteiger partial charge in [-0.05, 0) is 49.4 Å². The summed E-state index contributed by atoms with van der Waals surface area (Å²) in [5.74, 6) is 3.96. The lowest BCUT2D eigenvalue weighted by Gasteiger charge is -2.15. The van der Waals surface area contributed by atoms with Crippen LogP contribution < -0.4 is 0 Å². The first-order valence-electron chi connectivity index (χ1n) is 5.34. The van der Waals surface area contributed by atoms with Crippen LogP contribution in [0.1, 0.15) is 25.7 Å². The van der Waals surface area contributed by atoms with Crippen LogP contribution in [-0.2, 0) is 0 Å². The highest BCUT2D eigenvalue weighted by Gasteiger charge is 2.51. The Bertz CT molecular complexity index is 276. The van der Waals surface area contributed by atoms with Crippen molar-refractivity contribution in [3.63, 3.8) is 0 Å². The molecule has 0 spiro atoms. The molecular formula is C12H14. The van der Waals surface area contributed by atoms with E-state index < -0.39 is 0 Å². The topological polar surface area (TPSA) is 0 Å². The minimum absolute atomic E-state index is 0.974. The SMILES string of the molecule is C1=C2CC[C@H]3C=C4CC[C@H]1[C@@H]4[C@H]23. The molecule has 4 aliphatic carbocycles. The summed E-state index contributed by atoms with van der Waals surface area (Å²) in [6, 6.07) is 0. The van der Waals surface area contributed by atoms with Gasteiger partial charge in [-0.15, -0.1) is 0 Å². The monoisotopic (exact) mass is 158 g/mol. The van der Waals surface area contributed by atoms with E-state index in [4.69, 9.17) is 0 Å². The van der Waals surface area contributed by atoms with Crippen molar-refractivity contribution in [1.29, 1.82) is 0 Å². The number of rotatable bonds is 0. The van der Waals surface area contributed by atoms with E-state index in [0.29, 0.717) is 0 Å². The summed E-state index contributed by atoms with van der Waals surface area (Å²) < 4.78 is 0. The Labute approximate surface area is 73.4 Å². The standard InChI is InChI=1S/C12H14/c1-2-8-6-10-4-3-9-5-7(1)11(8)12(9)10/h5-7,10-12H,1-4H2/t7-,10+,11-,12+/m0/s1. The minimum Gasteiger partial charge on any atom is -0.0813 e. The molecule has 4 rings (SSSR count). The van der Waals surface area contributed by atoms with Gasteiger partial charge in [-0.25, -0.2) is 0 Å². The maximum absolute atomic E-state index is 2.63. The summed E-state index contributed by atoms with van der Waals surface area (Å²) in [4.78, 5) is 0. The molecule has 0 heterocycles. The summed E-state index contributed by atoms with van der Waals surface area (Å²) in [6.07, 6.45) is 11.0. The second kappa shape index (κ2) is 1.71. The van der Waals surface area contributed by atoms with Crippen LogP contribution in [0, 0.1) is 23.7 Å². The molecule has 0 N–H and O–H groups in total. The molecule has 0 aliphatic heterocycles. The van der Waals surface area contributed by atoms with E-state index in [0.717, 1.165) is 23.7 Å². The van der Waals surface area contributed by atoms with Gasteiger partial charge in [0, 0.05) is 0 Å². The molecule has 2 saturated carbocycles. The van der Waals surface area contributed by atoms with Crippen molar-refractivity contribution < 1.29 is 0 Å². The molecule has 62 valence electrons. The van der Waals surface area contributed by atoms with Crippen LogP contribution >= 0.6 is 0 Å². The average Bonchev–Trinajstić information content (AvgIpc) is 2.71. The molecule has 0 bridgehead atoms. The Morgan fingerprint density at radius 2 is 1.33 bits per heavy atom. The average molecular weight is 158 g/mol. The van der Waals surface area contributed by atoms with Crippen LogP contribution in [0.5, 0.6) is 0 Å².